The third kappa shape index (κ3) is 5.07. The molecule has 0 saturated heterocycles. The first-order valence-electron chi connectivity index (χ1n) is 7.38. The molecule has 0 aliphatic carbocycles. The van der Waals surface area contributed by atoms with Crippen LogP contribution in [0.4, 0.5) is 5.69 Å². The maximum atomic E-state index is 11.8. The predicted octanol–water partition coefficient (Wildman–Crippen LogP) is 2.65. The minimum Gasteiger partial charge on any atom is -0.318 e. The number of nitrogens with one attached hydrogen (secondary N) is 2. The molecule has 2 rings (SSSR count). The van der Waals surface area contributed by atoms with E-state index in [0.717, 1.165) is 17.5 Å². The highest BCUT2D eigenvalue weighted by atomic mass is 16.2. The number of benzene rings is 2. The minimum absolute atomic E-state index is 0.573. The van der Waals surface area contributed by atoms with Crippen molar-refractivity contribution in [1.82, 2.24) is 5.43 Å². The molecule has 0 heterocycles. The third-order valence-corrected chi connectivity index (χ3v) is 3.25. The quantitative estimate of drug-likeness (QED) is 0.518. The zero-order chi connectivity index (χ0) is 16.7. The number of hydrogen-bond acceptors (Lipinski definition) is 3. The second-order valence-corrected chi connectivity index (χ2v) is 5.12. The lowest BCUT2D eigenvalue weighted by Crippen LogP contribution is -2.32. The summed E-state index contributed by atoms with van der Waals surface area (Å²) in [7, 11) is 0. The number of amides is 2. The van der Waals surface area contributed by atoms with Crippen molar-refractivity contribution in [2.45, 2.75) is 20.3 Å². The molecule has 0 saturated carbocycles. The smallest absolute Gasteiger partial charge is 0.318 e. The fourth-order valence-corrected chi connectivity index (χ4v) is 1.97. The molecule has 2 amide bonds. The topological polar surface area (TPSA) is 70.6 Å². The molecule has 0 spiro atoms. The van der Waals surface area contributed by atoms with Gasteiger partial charge in [-0.05, 0) is 42.2 Å². The molecular formula is C18H19N3O2. The van der Waals surface area contributed by atoms with Crippen LogP contribution in [0.25, 0.3) is 0 Å². The fourth-order valence-electron chi connectivity index (χ4n) is 1.97. The third-order valence-electron chi connectivity index (χ3n) is 3.25. The number of aryl methyl sites for hydroxylation is 2. The van der Waals surface area contributed by atoms with E-state index in [1.807, 2.05) is 37.3 Å². The second-order valence-electron chi connectivity index (χ2n) is 5.12. The van der Waals surface area contributed by atoms with Gasteiger partial charge in [-0.15, -0.1) is 0 Å². The number of nitrogens with zero attached hydrogens (tertiary/aromatic N) is 1. The van der Waals surface area contributed by atoms with Gasteiger partial charge < -0.3 is 5.32 Å². The van der Waals surface area contributed by atoms with E-state index in [4.69, 9.17) is 0 Å². The average molecular weight is 309 g/mol. The lowest BCUT2D eigenvalue weighted by molar-refractivity contribution is -0.136. The first kappa shape index (κ1) is 16.4. The van der Waals surface area contributed by atoms with Gasteiger partial charge >= 0.3 is 11.8 Å². The molecule has 0 fully saturated rings. The van der Waals surface area contributed by atoms with Crippen molar-refractivity contribution < 1.29 is 9.59 Å². The molecular weight excluding hydrogens is 290 g/mol. The highest BCUT2D eigenvalue weighted by Gasteiger charge is 2.12. The van der Waals surface area contributed by atoms with Crippen LogP contribution in [0.5, 0.6) is 0 Å². The van der Waals surface area contributed by atoms with Gasteiger partial charge in [-0.1, -0.05) is 43.3 Å². The Labute approximate surface area is 135 Å². The van der Waals surface area contributed by atoms with Crippen molar-refractivity contribution in [3.63, 3.8) is 0 Å². The Balaban J connectivity index is 1.88. The summed E-state index contributed by atoms with van der Waals surface area (Å²) in [5.41, 5.74) is 5.86. The Kier molecular flexibility index (Phi) is 5.63. The first-order chi connectivity index (χ1) is 11.1. The van der Waals surface area contributed by atoms with E-state index in [1.165, 1.54) is 11.8 Å². The molecule has 0 bridgehead atoms. The van der Waals surface area contributed by atoms with Crippen LogP contribution in [-0.4, -0.2) is 18.0 Å². The molecule has 23 heavy (non-hydrogen) atoms. The van der Waals surface area contributed by atoms with Gasteiger partial charge in [0.2, 0.25) is 0 Å². The Hall–Kier alpha value is -2.95. The van der Waals surface area contributed by atoms with Gasteiger partial charge in [-0.25, -0.2) is 5.43 Å². The standard InChI is InChI=1S/C18H19N3O2/c1-3-14-7-9-15(10-8-14)12-19-21-18(23)17(22)20-16-6-4-5-13(2)11-16/h4-12H,3H2,1-2H3,(H,20,22)(H,21,23)/b19-12-. The van der Waals surface area contributed by atoms with Gasteiger partial charge in [-0.3, -0.25) is 9.59 Å². The Morgan fingerprint density at radius 3 is 2.48 bits per heavy atom. The Morgan fingerprint density at radius 1 is 1.09 bits per heavy atom. The highest BCUT2D eigenvalue weighted by Crippen LogP contribution is 2.09. The highest BCUT2D eigenvalue weighted by molar-refractivity contribution is 6.39. The molecule has 0 aliphatic heterocycles. The number of hydrazone groups is 1. The summed E-state index contributed by atoms with van der Waals surface area (Å²) in [5, 5.41) is 6.31. The number of hydrogen-bond donors (Lipinski definition) is 2. The van der Waals surface area contributed by atoms with Gasteiger partial charge in [-0.2, -0.15) is 5.10 Å². The molecule has 118 valence electrons. The molecule has 0 unspecified atom stereocenters. The number of carbonyl (C=O) groups excluding carboxylic acids is 2. The summed E-state index contributed by atoms with van der Waals surface area (Å²) in [6, 6.07) is 15.0. The van der Waals surface area contributed by atoms with E-state index in [0.29, 0.717) is 5.69 Å². The van der Waals surface area contributed by atoms with Gasteiger partial charge in [0.25, 0.3) is 0 Å². The van der Waals surface area contributed by atoms with Crippen LogP contribution >= 0.6 is 0 Å². The summed E-state index contributed by atoms with van der Waals surface area (Å²) in [6.45, 7) is 3.99. The molecule has 0 atom stereocenters. The largest absolute Gasteiger partial charge is 0.329 e. The van der Waals surface area contributed by atoms with E-state index in [-0.39, 0.29) is 0 Å². The van der Waals surface area contributed by atoms with Gasteiger partial charge in [0.15, 0.2) is 0 Å². The summed E-state index contributed by atoms with van der Waals surface area (Å²) < 4.78 is 0. The SMILES string of the molecule is CCc1ccc(/C=N\NC(=O)C(=O)Nc2cccc(C)c2)cc1. The molecule has 5 nitrogen and oxygen atoms in total. The molecule has 2 N–H and O–H groups in total. The zero-order valence-corrected chi connectivity index (χ0v) is 13.2. The Morgan fingerprint density at radius 2 is 1.83 bits per heavy atom. The van der Waals surface area contributed by atoms with Crippen LogP contribution in [0.3, 0.4) is 0 Å². The second kappa shape index (κ2) is 7.89. The minimum atomic E-state index is -0.812. The van der Waals surface area contributed by atoms with E-state index < -0.39 is 11.8 Å². The zero-order valence-electron chi connectivity index (χ0n) is 13.2. The normalized spacial score (nSPS) is 10.5. The first-order valence-corrected chi connectivity index (χ1v) is 7.38. The van der Waals surface area contributed by atoms with Gasteiger partial charge in [0.05, 0.1) is 6.21 Å². The van der Waals surface area contributed by atoms with Crippen LogP contribution in [0, 0.1) is 6.92 Å². The predicted molar refractivity (Wildman–Crippen MR) is 91.4 cm³/mol. The molecule has 2 aromatic carbocycles. The van der Waals surface area contributed by atoms with E-state index >= 15 is 0 Å². The van der Waals surface area contributed by atoms with Crippen LogP contribution in [-0.2, 0) is 16.0 Å². The molecule has 2 aromatic rings. The van der Waals surface area contributed by atoms with Crippen LogP contribution in [0.1, 0.15) is 23.6 Å². The molecule has 5 heteroatoms. The van der Waals surface area contributed by atoms with E-state index in [2.05, 4.69) is 22.8 Å². The van der Waals surface area contributed by atoms with Crippen molar-refractivity contribution in [1.29, 1.82) is 0 Å². The van der Waals surface area contributed by atoms with Crippen molar-refractivity contribution in [3.8, 4) is 0 Å². The van der Waals surface area contributed by atoms with Crippen LogP contribution in [0.2, 0.25) is 0 Å². The maximum Gasteiger partial charge on any atom is 0.329 e. The summed E-state index contributed by atoms with van der Waals surface area (Å²) in [6.07, 6.45) is 2.46. The monoisotopic (exact) mass is 309 g/mol. The summed E-state index contributed by atoms with van der Waals surface area (Å²) in [5.74, 6) is -1.57. The van der Waals surface area contributed by atoms with Crippen molar-refractivity contribution >= 4 is 23.7 Å². The van der Waals surface area contributed by atoms with Crippen molar-refractivity contribution in [3.05, 3.63) is 65.2 Å². The number of anilines is 1. The molecule has 0 aromatic heterocycles. The van der Waals surface area contributed by atoms with Crippen molar-refractivity contribution in [2.24, 2.45) is 5.10 Å². The summed E-state index contributed by atoms with van der Waals surface area (Å²) in [4.78, 5) is 23.4. The summed E-state index contributed by atoms with van der Waals surface area (Å²) >= 11 is 0. The van der Waals surface area contributed by atoms with Gasteiger partial charge in [0.1, 0.15) is 0 Å². The van der Waals surface area contributed by atoms with E-state index in [1.54, 1.807) is 18.2 Å². The van der Waals surface area contributed by atoms with Crippen LogP contribution < -0.4 is 10.7 Å². The number of carbonyl (C=O) groups is 2. The van der Waals surface area contributed by atoms with E-state index in [9.17, 15) is 9.59 Å². The Bertz CT molecular complexity index is 721. The van der Waals surface area contributed by atoms with Gasteiger partial charge in [0, 0.05) is 5.69 Å². The average Bonchev–Trinajstić information content (AvgIpc) is 2.55. The molecule has 0 aliphatic rings. The molecule has 0 radical (unpaired) electrons. The van der Waals surface area contributed by atoms with Crippen LogP contribution in [0.15, 0.2) is 53.6 Å². The fraction of sp³-hybridized carbons (Fsp3) is 0.167. The lowest BCUT2D eigenvalue weighted by atomic mass is 10.1. The van der Waals surface area contributed by atoms with Crippen molar-refractivity contribution in [2.75, 3.05) is 5.32 Å². The maximum absolute atomic E-state index is 11.8. The number of rotatable bonds is 4. The lowest BCUT2D eigenvalue weighted by Gasteiger charge is -2.04.